The van der Waals surface area contributed by atoms with Crippen molar-refractivity contribution in [1.29, 1.82) is 0 Å². The zero-order valence-corrected chi connectivity index (χ0v) is 14.9. The fraction of sp³-hybridized carbons (Fsp3) is 0.263. The van der Waals surface area contributed by atoms with Crippen molar-refractivity contribution in [3.63, 3.8) is 0 Å². The highest BCUT2D eigenvalue weighted by molar-refractivity contribution is 6.33. The first-order chi connectivity index (χ1) is 12.1. The van der Waals surface area contributed by atoms with Crippen molar-refractivity contribution in [2.75, 3.05) is 0 Å². The van der Waals surface area contributed by atoms with Crippen molar-refractivity contribution in [3.05, 3.63) is 64.7 Å². The van der Waals surface area contributed by atoms with Gasteiger partial charge in [0.25, 0.3) is 0 Å². The summed E-state index contributed by atoms with van der Waals surface area (Å²) in [6, 6.07) is 15.0. The summed E-state index contributed by atoms with van der Waals surface area (Å²) in [4.78, 5) is 13.7. The maximum atomic E-state index is 12.4. The van der Waals surface area contributed by atoms with E-state index in [9.17, 15) is 4.79 Å². The number of carbonyl (C=O) groups is 1. The normalized spacial score (nSPS) is 12.1. The zero-order valence-electron chi connectivity index (χ0n) is 14.2. The highest BCUT2D eigenvalue weighted by Crippen LogP contribution is 2.23. The first-order valence-electron chi connectivity index (χ1n) is 8.24. The number of carbonyl (C=O) groups excluding carboxylic acids is 1. The predicted octanol–water partition coefficient (Wildman–Crippen LogP) is 4.39. The molecule has 0 unspecified atom stereocenters. The molecule has 2 aromatic carbocycles. The van der Waals surface area contributed by atoms with Crippen molar-refractivity contribution in [1.82, 2.24) is 20.2 Å². The van der Waals surface area contributed by atoms with Crippen LogP contribution in [0.1, 0.15) is 42.1 Å². The molecule has 3 aromatic rings. The Hall–Kier alpha value is -2.53. The number of hydrogen-bond acceptors (Lipinski definition) is 4. The maximum absolute atomic E-state index is 12.4. The summed E-state index contributed by atoms with van der Waals surface area (Å²) in [6.45, 7) is 4.36. The third-order valence-corrected chi connectivity index (χ3v) is 4.60. The number of halogens is 1. The largest absolute Gasteiger partial charge is 0.292 e. The molecule has 3 rings (SSSR count). The molecule has 6 heteroatoms. The van der Waals surface area contributed by atoms with Crippen LogP contribution in [0.25, 0.3) is 11.4 Å². The number of tetrazole rings is 1. The van der Waals surface area contributed by atoms with Gasteiger partial charge in [0.1, 0.15) is 6.54 Å². The van der Waals surface area contributed by atoms with Gasteiger partial charge in [-0.1, -0.05) is 61.8 Å². The van der Waals surface area contributed by atoms with E-state index in [4.69, 9.17) is 11.6 Å². The van der Waals surface area contributed by atoms with E-state index in [1.54, 1.807) is 6.07 Å². The number of benzene rings is 2. The lowest BCUT2D eigenvalue weighted by Gasteiger charge is -2.09. The second-order valence-electron chi connectivity index (χ2n) is 5.98. The fourth-order valence-corrected chi connectivity index (χ4v) is 2.73. The molecule has 1 aromatic heterocycles. The maximum Gasteiger partial charge on any atom is 0.206 e. The molecule has 0 spiro atoms. The van der Waals surface area contributed by atoms with Crippen LogP contribution in [0.5, 0.6) is 0 Å². The number of aromatic nitrogens is 4. The lowest BCUT2D eigenvalue weighted by Crippen LogP contribution is -2.13. The molecule has 0 aliphatic heterocycles. The Morgan fingerprint density at radius 2 is 1.88 bits per heavy atom. The molecule has 0 saturated carbocycles. The van der Waals surface area contributed by atoms with E-state index >= 15 is 0 Å². The Balaban J connectivity index is 1.73. The number of Topliss-reactive ketones (excluding diaryl/α,β-unsaturated/α-hetero) is 1. The highest BCUT2D eigenvalue weighted by Gasteiger charge is 2.13. The molecule has 1 heterocycles. The van der Waals surface area contributed by atoms with E-state index in [0.29, 0.717) is 27.9 Å². The Morgan fingerprint density at radius 3 is 2.56 bits per heavy atom. The summed E-state index contributed by atoms with van der Waals surface area (Å²) < 4.78 is 0. The van der Waals surface area contributed by atoms with Gasteiger partial charge in [0.05, 0.1) is 5.02 Å². The van der Waals surface area contributed by atoms with Crippen molar-refractivity contribution in [2.45, 2.75) is 32.7 Å². The van der Waals surface area contributed by atoms with Gasteiger partial charge in [-0.2, -0.15) is 4.80 Å². The molecule has 0 N–H and O–H groups in total. The third kappa shape index (κ3) is 3.94. The van der Waals surface area contributed by atoms with Crippen LogP contribution in [0.3, 0.4) is 0 Å². The molecule has 0 aliphatic carbocycles. The highest BCUT2D eigenvalue weighted by atomic mass is 35.5. The Morgan fingerprint density at radius 1 is 1.16 bits per heavy atom. The van der Waals surface area contributed by atoms with Crippen LogP contribution in [0.2, 0.25) is 5.02 Å². The van der Waals surface area contributed by atoms with Gasteiger partial charge in [0.15, 0.2) is 5.78 Å². The van der Waals surface area contributed by atoms with E-state index in [2.05, 4.69) is 29.3 Å². The Labute approximate surface area is 151 Å². The van der Waals surface area contributed by atoms with Gasteiger partial charge in [-0.15, -0.1) is 10.2 Å². The van der Waals surface area contributed by atoms with Gasteiger partial charge in [0, 0.05) is 11.1 Å². The summed E-state index contributed by atoms with van der Waals surface area (Å²) in [5.74, 6) is 0.837. The van der Waals surface area contributed by atoms with Crippen LogP contribution >= 0.6 is 11.6 Å². The van der Waals surface area contributed by atoms with Crippen LogP contribution in [-0.2, 0) is 6.54 Å². The van der Waals surface area contributed by atoms with Crippen LogP contribution in [0.4, 0.5) is 0 Å². The van der Waals surface area contributed by atoms with Gasteiger partial charge in [-0.05, 0) is 35.2 Å². The lowest BCUT2D eigenvalue weighted by atomic mass is 9.97. The van der Waals surface area contributed by atoms with Crippen molar-refractivity contribution in [3.8, 4) is 11.4 Å². The molecule has 0 radical (unpaired) electrons. The first-order valence-corrected chi connectivity index (χ1v) is 8.62. The van der Waals surface area contributed by atoms with E-state index in [-0.39, 0.29) is 12.3 Å². The van der Waals surface area contributed by atoms with Crippen molar-refractivity contribution >= 4 is 17.4 Å². The van der Waals surface area contributed by atoms with Crippen LogP contribution in [-0.4, -0.2) is 26.0 Å². The van der Waals surface area contributed by atoms with Crippen molar-refractivity contribution < 1.29 is 4.79 Å². The topological polar surface area (TPSA) is 60.7 Å². The number of ketones is 1. The van der Waals surface area contributed by atoms with Crippen LogP contribution in [0.15, 0.2) is 48.5 Å². The second kappa shape index (κ2) is 7.57. The summed E-state index contributed by atoms with van der Waals surface area (Å²) in [6.07, 6.45) is 1.07. The monoisotopic (exact) mass is 354 g/mol. The van der Waals surface area contributed by atoms with E-state index in [0.717, 1.165) is 6.42 Å². The number of rotatable bonds is 6. The Bertz CT molecular complexity index is 873. The summed E-state index contributed by atoms with van der Waals surface area (Å²) >= 11 is 6.14. The minimum Gasteiger partial charge on any atom is -0.292 e. The smallest absolute Gasteiger partial charge is 0.206 e. The summed E-state index contributed by atoms with van der Waals surface area (Å²) in [7, 11) is 0. The second-order valence-corrected chi connectivity index (χ2v) is 6.38. The minimum absolute atomic E-state index is 0.0418. The SMILES string of the molecule is CC[C@@H](C)c1ccc(C(=O)Cn2nnc(-c3ccccc3Cl)n2)cc1. The summed E-state index contributed by atoms with van der Waals surface area (Å²) in [5, 5.41) is 12.7. The van der Waals surface area contributed by atoms with E-state index in [1.165, 1.54) is 10.4 Å². The Kier molecular flexibility index (Phi) is 5.24. The molecule has 128 valence electrons. The number of nitrogens with zero attached hydrogens (tertiary/aromatic N) is 4. The zero-order chi connectivity index (χ0) is 17.8. The molecule has 0 aliphatic rings. The first kappa shape index (κ1) is 17.3. The molecule has 1 atom stereocenters. The molecular weight excluding hydrogens is 336 g/mol. The predicted molar refractivity (Wildman–Crippen MR) is 97.7 cm³/mol. The lowest BCUT2D eigenvalue weighted by molar-refractivity contribution is 0.0961. The molecule has 0 fully saturated rings. The van der Waals surface area contributed by atoms with Gasteiger partial charge < -0.3 is 0 Å². The fourth-order valence-electron chi connectivity index (χ4n) is 2.51. The van der Waals surface area contributed by atoms with E-state index in [1.807, 2.05) is 42.5 Å². The van der Waals surface area contributed by atoms with E-state index < -0.39 is 0 Å². The molecule has 0 saturated heterocycles. The molecule has 25 heavy (non-hydrogen) atoms. The van der Waals surface area contributed by atoms with Crippen LogP contribution in [0, 0.1) is 0 Å². The quantitative estimate of drug-likeness (QED) is 0.616. The van der Waals surface area contributed by atoms with Gasteiger partial charge in [-0.3, -0.25) is 4.79 Å². The summed E-state index contributed by atoms with van der Waals surface area (Å²) in [5.41, 5.74) is 2.57. The van der Waals surface area contributed by atoms with Crippen molar-refractivity contribution in [2.24, 2.45) is 0 Å². The molecule has 0 bridgehead atoms. The average Bonchev–Trinajstić information content (AvgIpc) is 3.09. The van der Waals surface area contributed by atoms with Crippen LogP contribution < -0.4 is 0 Å². The molecule has 0 amide bonds. The molecule has 5 nitrogen and oxygen atoms in total. The average molecular weight is 355 g/mol. The molecular formula is C19H19ClN4O. The number of hydrogen-bond donors (Lipinski definition) is 0. The van der Waals surface area contributed by atoms with Gasteiger partial charge >= 0.3 is 0 Å². The standard InChI is InChI=1S/C19H19ClN4O/c1-3-13(2)14-8-10-15(11-9-14)18(25)12-24-22-19(21-23-24)16-6-4-5-7-17(16)20/h4-11,13H,3,12H2,1-2H3/t13-/m1/s1. The van der Waals surface area contributed by atoms with Gasteiger partial charge in [0.2, 0.25) is 5.82 Å². The minimum atomic E-state index is -0.0567. The third-order valence-electron chi connectivity index (χ3n) is 4.27. The van der Waals surface area contributed by atoms with Gasteiger partial charge in [-0.25, -0.2) is 0 Å².